The van der Waals surface area contributed by atoms with Gasteiger partial charge in [0.1, 0.15) is 12.1 Å². The van der Waals surface area contributed by atoms with Crippen molar-refractivity contribution in [2.75, 3.05) is 36.0 Å². The van der Waals surface area contributed by atoms with Gasteiger partial charge in [-0.2, -0.15) is 5.10 Å². The Bertz CT molecular complexity index is 1300. The fraction of sp³-hybridized carbons (Fsp3) is 0.250. The number of aryl methyl sites for hydroxylation is 1. The molecule has 4 aromatic heterocycles. The molecular weight excluding hydrogens is 398 g/mol. The molecule has 6 rings (SSSR count). The zero-order valence-electron chi connectivity index (χ0n) is 16.4. The minimum atomic E-state index is 0.859. The highest BCUT2D eigenvalue weighted by atomic mass is 32.1. The molecule has 5 heterocycles. The van der Waals surface area contributed by atoms with Gasteiger partial charge in [0.15, 0.2) is 5.65 Å². The molecule has 0 aliphatic carbocycles. The SMILES string of the molecule is Cn1ncc2c(N3CCN(c4nn5cc(-c6ccccc6)nc5s4)CC3)ncnc21. The molecule has 0 radical (unpaired) electrons. The van der Waals surface area contributed by atoms with Crippen LogP contribution in [0.15, 0.2) is 49.1 Å². The third-order valence-electron chi connectivity index (χ3n) is 5.46. The van der Waals surface area contributed by atoms with Crippen molar-refractivity contribution in [1.29, 1.82) is 0 Å². The predicted octanol–water partition coefficient (Wildman–Crippen LogP) is 2.46. The molecule has 9 nitrogen and oxygen atoms in total. The predicted molar refractivity (Wildman–Crippen MR) is 117 cm³/mol. The van der Waals surface area contributed by atoms with Gasteiger partial charge in [-0.3, -0.25) is 4.68 Å². The van der Waals surface area contributed by atoms with Crippen molar-refractivity contribution < 1.29 is 0 Å². The summed E-state index contributed by atoms with van der Waals surface area (Å²) in [6.07, 6.45) is 5.46. The van der Waals surface area contributed by atoms with Gasteiger partial charge in [-0.1, -0.05) is 41.7 Å². The number of nitrogens with zero attached hydrogens (tertiary/aromatic N) is 9. The average molecular weight is 418 g/mol. The number of piperazine rings is 1. The summed E-state index contributed by atoms with van der Waals surface area (Å²) in [4.78, 5) is 19.2. The van der Waals surface area contributed by atoms with Crippen LogP contribution in [0.25, 0.3) is 27.3 Å². The maximum atomic E-state index is 4.77. The van der Waals surface area contributed by atoms with Gasteiger partial charge in [0, 0.05) is 38.8 Å². The average Bonchev–Trinajstić information content (AvgIpc) is 3.48. The van der Waals surface area contributed by atoms with Crippen molar-refractivity contribution in [3.8, 4) is 11.3 Å². The lowest BCUT2D eigenvalue weighted by Gasteiger charge is -2.35. The molecule has 0 spiro atoms. The summed E-state index contributed by atoms with van der Waals surface area (Å²) >= 11 is 1.63. The molecular formula is C20H19N9S. The van der Waals surface area contributed by atoms with E-state index in [-0.39, 0.29) is 0 Å². The third kappa shape index (κ3) is 2.79. The first-order valence-electron chi connectivity index (χ1n) is 9.80. The Morgan fingerprint density at radius 3 is 2.57 bits per heavy atom. The molecule has 0 N–H and O–H groups in total. The summed E-state index contributed by atoms with van der Waals surface area (Å²) < 4.78 is 3.67. The van der Waals surface area contributed by atoms with Gasteiger partial charge >= 0.3 is 0 Å². The summed E-state index contributed by atoms with van der Waals surface area (Å²) in [7, 11) is 1.90. The Labute approximate surface area is 176 Å². The van der Waals surface area contributed by atoms with E-state index in [0.717, 1.165) is 64.4 Å². The smallest absolute Gasteiger partial charge is 0.214 e. The number of fused-ring (bicyclic) bond motifs is 2. The van der Waals surface area contributed by atoms with Crippen LogP contribution < -0.4 is 9.80 Å². The molecule has 1 aliphatic rings. The molecule has 1 aromatic carbocycles. The van der Waals surface area contributed by atoms with Gasteiger partial charge in [-0.15, -0.1) is 5.10 Å². The Hall–Kier alpha value is -3.53. The van der Waals surface area contributed by atoms with E-state index in [9.17, 15) is 0 Å². The topological polar surface area (TPSA) is 80.3 Å². The highest BCUT2D eigenvalue weighted by Gasteiger charge is 2.23. The van der Waals surface area contributed by atoms with E-state index >= 15 is 0 Å². The van der Waals surface area contributed by atoms with Crippen LogP contribution in [0.1, 0.15) is 0 Å². The molecule has 0 unspecified atom stereocenters. The van der Waals surface area contributed by atoms with E-state index in [1.165, 1.54) is 0 Å². The Kier molecular flexibility index (Phi) is 3.91. The lowest BCUT2D eigenvalue weighted by molar-refractivity contribution is 0.643. The maximum Gasteiger partial charge on any atom is 0.214 e. The maximum absolute atomic E-state index is 4.77. The summed E-state index contributed by atoms with van der Waals surface area (Å²) in [6, 6.07) is 10.2. The number of anilines is 2. The highest BCUT2D eigenvalue weighted by Crippen LogP contribution is 2.29. The van der Waals surface area contributed by atoms with Crippen molar-refractivity contribution in [3.63, 3.8) is 0 Å². The van der Waals surface area contributed by atoms with Crippen LogP contribution in [0.3, 0.4) is 0 Å². The van der Waals surface area contributed by atoms with E-state index < -0.39 is 0 Å². The van der Waals surface area contributed by atoms with Crippen LogP contribution in [0, 0.1) is 0 Å². The minimum Gasteiger partial charge on any atom is -0.352 e. The third-order valence-corrected chi connectivity index (χ3v) is 6.44. The summed E-state index contributed by atoms with van der Waals surface area (Å²) in [5, 5.41) is 11.1. The quantitative estimate of drug-likeness (QED) is 0.446. The minimum absolute atomic E-state index is 0.859. The lowest BCUT2D eigenvalue weighted by Crippen LogP contribution is -2.47. The second kappa shape index (κ2) is 6.77. The van der Waals surface area contributed by atoms with Gasteiger partial charge in [0.25, 0.3) is 0 Å². The van der Waals surface area contributed by atoms with Crippen LogP contribution in [-0.4, -0.2) is 60.5 Å². The van der Waals surface area contributed by atoms with Crippen LogP contribution in [0.4, 0.5) is 10.9 Å². The van der Waals surface area contributed by atoms with E-state index in [1.807, 2.05) is 42.2 Å². The molecule has 0 bridgehead atoms. The number of aromatic nitrogens is 7. The van der Waals surface area contributed by atoms with Crippen LogP contribution in [0.5, 0.6) is 0 Å². The van der Waals surface area contributed by atoms with Gasteiger partial charge in [-0.25, -0.2) is 19.5 Å². The van der Waals surface area contributed by atoms with Gasteiger partial charge in [-0.05, 0) is 0 Å². The number of hydrogen-bond donors (Lipinski definition) is 0. The molecule has 0 saturated carbocycles. The van der Waals surface area contributed by atoms with Crippen LogP contribution in [-0.2, 0) is 7.05 Å². The zero-order chi connectivity index (χ0) is 20.1. The van der Waals surface area contributed by atoms with E-state index in [1.54, 1.807) is 22.3 Å². The van der Waals surface area contributed by atoms with Crippen molar-refractivity contribution in [2.24, 2.45) is 7.05 Å². The van der Waals surface area contributed by atoms with Gasteiger partial charge < -0.3 is 9.80 Å². The monoisotopic (exact) mass is 417 g/mol. The van der Waals surface area contributed by atoms with E-state index in [2.05, 4.69) is 37.0 Å². The first-order chi connectivity index (χ1) is 14.8. The van der Waals surface area contributed by atoms with Crippen LogP contribution in [0.2, 0.25) is 0 Å². The fourth-order valence-corrected chi connectivity index (χ4v) is 4.81. The van der Waals surface area contributed by atoms with Gasteiger partial charge in [0.2, 0.25) is 10.1 Å². The normalized spacial score (nSPS) is 14.8. The first kappa shape index (κ1) is 17.3. The van der Waals surface area contributed by atoms with E-state index in [0.29, 0.717) is 0 Å². The van der Waals surface area contributed by atoms with Crippen molar-refractivity contribution in [2.45, 2.75) is 0 Å². The molecule has 1 aliphatic heterocycles. The molecule has 1 fully saturated rings. The number of benzene rings is 1. The molecule has 1 saturated heterocycles. The largest absolute Gasteiger partial charge is 0.352 e. The number of imidazole rings is 1. The Morgan fingerprint density at radius 2 is 1.77 bits per heavy atom. The summed E-state index contributed by atoms with van der Waals surface area (Å²) in [5.41, 5.74) is 2.92. The standard InChI is InChI=1S/C20H19N9S/c1-26-17-15(11-23-26)18(22-13-21-17)27-7-9-28(10-8-27)20-25-29-12-16(24-19(29)30-20)14-5-3-2-4-6-14/h2-6,11-13H,7-10H2,1H3. The second-order valence-electron chi connectivity index (χ2n) is 7.28. The molecule has 150 valence electrons. The Balaban J connectivity index is 1.21. The number of rotatable bonds is 3. The molecule has 10 heteroatoms. The fourth-order valence-electron chi connectivity index (χ4n) is 3.88. The number of hydrogen-bond acceptors (Lipinski definition) is 8. The second-order valence-corrected chi connectivity index (χ2v) is 8.22. The van der Waals surface area contributed by atoms with E-state index in [4.69, 9.17) is 10.1 Å². The summed E-state index contributed by atoms with van der Waals surface area (Å²) in [6.45, 7) is 3.51. The first-order valence-corrected chi connectivity index (χ1v) is 10.6. The Morgan fingerprint density at radius 1 is 0.967 bits per heavy atom. The van der Waals surface area contributed by atoms with Crippen molar-refractivity contribution in [1.82, 2.24) is 34.3 Å². The lowest BCUT2D eigenvalue weighted by atomic mass is 10.2. The highest BCUT2D eigenvalue weighted by molar-refractivity contribution is 7.20. The van der Waals surface area contributed by atoms with Crippen LogP contribution >= 0.6 is 11.3 Å². The van der Waals surface area contributed by atoms with Crippen molar-refractivity contribution >= 4 is 38.3 Å². The summed E-state index contributed by atoms with van der Waals surface area (Å²) in [5.74, 6) is 0.953. The zero-order valence-corrected chi connectivity index (χ0v) is 17.2. The molecule has 30 heavy (non-hydrogen) atoms. The van der Waals surface area contributed by atoms with Crippen molar-refractivity contribution in [3.05, 3.63) is 49.1 Å². The van der Waals surface area contributed by atoms with Gasteiger partial charge in [0.05, 0.1) is 23.5 Å². The molecule has 5 aromatic rings. The molecule has 0 amide bonds. The molecule has 0 atom stereocenters.